The second-order valence-electron chi connectivity index (χ2n) is 7.15. The van der Waals surface area contributed by atoms with Gasteiger partial charge in [-0.15, -0.1) is 0 Å². The zero-order valence-electron chi connectivity index (χ0n) is 15.5. The molecule has 1 aromatic heterocycles. The number of hydrogen-bond acceptors (Lipinski definition) is 3. The summed E-state index contributed by atoms with van der Waals surface area (Å²) in [6, 6.07) is 15.3. The average molecular weight is 332 g/mol. The van der Waals surface area contributed by atoms with Crippen LogP contribution in [0.2, 0.25) is 0 Å². The van der Waals surface area contributed by atoms with E-state index in [1.807, 2.05) is 0 Å². The van der Waals surface area contributed by atoms with Crippen LogP contribution < -0.4 is 10.2 Å². The van der Waals surface area contributed by atoms with Crippen LogP contribution in [-0.2, 0) is 0 Å². The Morgan fingerprint density at radius 1 is 1.00 bits per heavy atom. The minimum absolute atomic E-state index is 0.00817. The first-order valence-corrected chi connectivity index (χ1v) is 8.65. The van der Waals surface area contributed by atoms with E-state index in [2.05, 4.69) is 92.2 Å². The van der Waals surface area contributed by atoms with Crippen molar-refractivity contribution in [1.29, 1.82) is 0 Å². The average Bonchev–Trinajstić information content (AvgIpc) is 2.96. The number of aryl methyl sites for hydroxylation is 3. The third-order valence-electron chi connectivity index (χ3n) is 4.86. The quantitative estimate of drug-likeness (QED) is 0.749. The van der Waals surface area contributed by atoms with Crippen LogP contribution >= 0.6 is 0 Å². The van der Waals surface area contributed by atoms with Crippen LogP contribution in [-0.4, -0.2) is 23.9 Å². The number of anilines is 2. The van der Waals surface area contributed by atoms with Crippen molar-refractivity contribution in [3.63, 3.8) is 0 Å². The van der Waals surface area contributed by atoms with Gasteiger partial charge in [0.1, 0.15) is 6.17 Å². The Kier molecular flexibility index (Phi) is 3.57. The zero-order chi connectivity index (χ0) is 17.7. The lowest BCUT2D eigenvalue weighted by atomic mass is 9.98. The molecule has 1 aliphatic heterocycles. The zero-order valence-corrected chi connectivity index (χ0v) is 15.5. The van der Waals surface area contributed by atoms with Crippen molar-refractivity contribution in [3.8, 4) is 11.3 Å². The minimum Gasteiger partial charge on any atom is -0.378 e. The number of benzene rings is 2. The van der Waals surface area contributed by atoms with Gasteiger partial charge in [-0.1, -0.05) is 23.8 Å². The Hall–Kier alpha value is -2.75. The first-order valence-electron chi connectivity index (χ1n) is 8.65. The van der Waals surface area contributed by atoms with Crippen molar-refractivity contribution < 1.29 is 0 Å². The van der Waals surface area contributed by atoms with E-state index in [1.54, 1.807) is 0 Å². The third-order valence-corrected chi connectivity index (χ3v) is 4.86. The lowest BCUT2D eigenvalue weighted by molar-refractivity contribution is 0.570. The molecule has 2 aromatic carbocycles. The van der Waals surface area contributed by atoms with Gasteiger partial charge in [-0.05, 0) is 56.2 Å². The highest BCUT2D eigenvalue weighted by Crippen LogP contribution is 2.41. The number of aromatic nitrogens is 2. The standard InChI is InChI=1S/C21H24N4/c1-13-10-14(2)20-18(11-13)19-12-15(3)23-25(19)21(22-20)16-6-8-17(9-7-16)24(4)5/h6-12,21-22H,1-5H3. The molecule has 1 N–H and O–H groups in total. The van der Waals surface area contributed by atoms with Gasteiger partial charge in [0.2, 0.25) is 0 Å². The van der Waals surface area contributed by atoms with Gasteiger partial charge in [-0.2, -0.15) is 5.10 Å². The van der Waals surface area contributed by atoms with E-state index in [1.165, 1.54) is 39.3 Å². The Bertz CT molecular complexity index is 935. The molecule has 4 nitrogen and oxygen atoms in total. The highest BCUT2D eigenvalue weighted by Gasteiger charge is 2.27. The number of hydrogen-bond donors (Lipinski definition) is 1. The Morgan fingerprint density at radius 2 is 1.72 bits per heavy atom. The highest BCUT2D eigenvalue weighted by molar-refractivity contribution is 5.82. The fourth-order valence-corrected chi connectivity index (χ4v) is 3.65. The maximum absolute atomic E-state index is 4.77. The normalized spacial score (nSPS) is 15.3. The van der Waals surface area contributed by atoms with Gasteiger partial charge in [-0.3, -0.25) is 0 Å². The van der Waals surface area contributed by atoms with Crippen LogP contribution in [0, 0.1) is 20.8 Å². The number of rotatable bonds is 2. The number of nitrogens with zero attached hydrogens (tertiary/aromatic N) is 3. The SMILES string of the molecule is Cc1cc(C)c2c(c1)-c1cc(C)nn1C(c1ccc(N(C)C)cc1)N2. The predicted molar refractivity (Wildman–Crippen MR) is 104 cm³/mol. The van der Waals surface area contributed by atoms with Crippen LogP contribution in [0.15, 0.2) is 42.5 Å². The number of fused-ring (bicyclic) bond motifs is 3. The van der Waals surface area contributed by atoms with Crippen molar-refractivity contribution in [2.75, 3.05) is 24.3 Å². The molecule has 2 heterocycles. The lowest BCUT2D eigenvalue weighted by Gasteiger charge is -2.31. The van der Waals surface area contributed by atoms with Crippen molar-refractivity contribution in [1.82, 2.24) is 9.78 Å². The van der Waals surface area contributed by atoms with Crippen LogP contribution in [0.1, 0.15) is 28.6 Å². The molecule has 1 unspecified atom stereocenters. The van der Waals surface area contributed by atoms with E-state index in [0.29, 0.717) is 0 Å². The van der Waals surface area contributed by atoms with Gasteiger partial charge in [0.15, 0.2) is 0 Å². The molecular weight excluding hydrogens is 308 g/mol. The Balaban J connectivity index is 1.85. The van der Waals surface area contributed by atoms with Crippen molar-refractivity contribution >= 4 is 11.4 Å². The molecule has 25 heavy (non-hydrogen) atoms. The molecule has 4 heteroatoms. The molecule has 4 rings (SSSR count). The maximum Gasteiger partial charge on any atom is 0.147 e. The summed E-state index contributed by atoms with van der Waals surface area (Å²) in [5.74, 6) is 0. The summed E-state index contributed by atoms with van der Waals surface area (Å²) in [5.41, 5.74) is 9.62. The van der Waals surface area contributed by atoms with Gasteiger partial charge in [-0.25, -0.2) is 4.68 Å². The second kappa shape index (κ2) is 5.66. The van der Waals surface area contributed by atoms with Gasteiger partial charge in [0.25, 0.3) is 0 Å². The molecule has 0 fully saturated rings. The van der Waals surface area contributed by atoms with Crippen molar-refractivity contribution in [3.05, 3.63) is 64.8 Å². The highest BCUT2D eigenvalue weighted by atomic mass is 15.4. The third kappa shape index (κ3) is 2.58. The first-order chi connectivity index (χ1) is 11.9. The monoisotopic (exact) mass is 332 g/mol. The minimum atomic E-state index is 0.00817. The molecule has 0 saturated carbocycles. The van der Waals surface area contributed by atoms with Gasteiger partial charge < -0.3 is 10.2 Å². The van der Waals surface area contributed by atoms with E-state index in [4.69, 9.17) is 5.10 Å². The van der Waals surface area contributed by atoms with E-state index in [0.717, 1.165) is 5.69 Å². The van der Waals surface area contributed by atoms with Gasteiger partial charge in [0.05, 0.1) is 11.4 Å². The lowest BCUT2D eigenvalue weighted by Crippen LogP contribution is -2.26. The van der Waals surface area contributed by atoms with Crippen LogP contribution in [0.4, 0.5) is 11.4 Å². The van der Waals surface area contributed by atoms with Crippen LogP contribution in [0.25, 0.3) is 11.3 Å². The first kappa shape index (κ1) is 15.8. The van der Waals surface area contributed by atoms with Crippen molar-refractivity contribution in [2.45, 2.75) is 26.9 Å². The summed E-state index contributed by atoms with van der Waals surface area (Å²) in [5, 5.41) is 8.48. The van der Waals surface area contributed by atoms with E-state index >= 15 is 0 Å². The van der Waals surface area contributed by atoms with Crippen LogP contribution in [0.3, 0.4) is 0 Å². The topological polar surface area (TPSA) is 33.1 Å². The summed E-state index contributed by atoms with van der Waals surface area (Å²) >= 11 is 0. The van der Waals surface area contributed by atoms with E-state index < -0.39 is 0 Å². The summed E-state index contributed by atoms with van der Waals surface area (Å²) in [7, 11) is 4.12. The largest absolute Gasteiger partial charge is 0.378 e. The number of nitrogens with one attached hydrogen (secondary N) is 1. The van der Waals surface area contributed by atoms with Gasteiger partial charge in [0, 0.05) is 31.0 Å². The molecule has 0 radical (unpaired) electrons. The maximum atomic E-state index is 4.77. The Morgan fingerprint density at radius 3 is 2.40 bits per heavy atom. The molecule has 0 bridgehead atoms. The predicted octanol–water partition coefficient (Wildman–Crippen LogP) is 4.51. The molecule has 1 atom stereocenters. The van der Waals surface area contributed by atoms with Crippen molar-refractivity contribution in [2.24, 2.45) is 0 Å². The fourth-order valence-electron chi connectivity index (χ4n) is 3.65. The Labute approximate surface area is 149 Å². The smallest absolute Gasteiger partial charge is 0.147 e. The molecule has 1 aliphatic rings. The van der Waals surface area contributed by atoms with E-state index in [-0.39, 0.29) is 6.17 Å². The fraction of sp³-hybridized carbons (Fsp3) is 0.286. The van der Waals surface area contributed by atoms with Crippen LogP contribution in [0.5, 0.6) is 0 Å². The molecule has 3 aromatic rings. The molecule has 0 saturated heterocycles. The van der Waals surface area contributed by atoms with Gasteiger partial charge >= 0.3 is 0 Å². The summed E-state index contributed by atoms with van der Waals surface area (Å²) in [4.78, 5) is 2.11. The summed E-state index contributed by atoms with van der Waals surface area (Å²) in [6.45, 7) is 6.37. The molecule has 128 valence electrons. The summed E-state index contributed by atoms with van der Waals surface area (Å²) in [6.07, 6.45) is 0.00817. The molecule has 0 spiro atoms. The second-order valence-corrected chi connectivity index (χ2v) is 7.15. The molecule has 0 amide bonds. The molecular formula is C21H24N4. The molecule has 0 aliphatic carbocycles. The van der Waals surface area contributed by atoms with E-state index in [9.17, 15) is 0 Å². The summed E-state index contributed by atoms with van der Waals surface area (Å²) < 4.78 is 2.11.